The number of aromatic nitrogens is 3. The van der Waals surface area contributed by atoms with Gasteiger partial charge in [0.1, 0.15) is 5.03 Å². The Morgan fingerprint density at radius 3 is 2.59 bits per heavy atom. The molecule has 2 aromatic rings. The van der Waals surface area contributed by atoms with Crippen molar-refractivity contribution in [3.05, 3.63) is 29.8 Å². The van der Waals surface area contributed by atoms with Crippen LogP contribution in [0.15, 0.2) is 33.0 Å². The highest BCUT2D eigenvalue weighted by atomic mass is 32.2. The Morgan fingerprint density at radius 2 is 1.91 bits per heavy atom. The van der Waals surface area contributed by atoms with Crippen molar-refractivity contribution in [1.29, 1.82) is 0 Å². The van der Waals surface area contributed by atoms with Crippen molar-refractivity contribution < 1.29 is 18.8 Å². The molecule has 1 saturated carbocycles. The molecular weight excluding hydrogens is 474 g/mol. The van der Waals surface area contributed by atoms with Crippen LogP contribution < -0.4 is 10.6 Å². The summed E-state index contributed by atoms with van der Waals surface area (Å²) in [6, 6.07) is 2.36. The number of amides is 2. The highest BCUT2D eigenvalue weighted by Crippen LogP contribution is 2.27. The Morgan fingerprint density at radius 1 is 1.15 bits per heavy atom. The van der Waals surface area contributed by atoms with E-state index in [2.05, 4.69) is 25.8 Å². The monoisotopic (exact) mass is 505 g/mol. The molecule has 0 saturated heterocycles. The van der Waals surface area contributed by atoms with Crippen molar-refractivity contribution in [1.82, 2.24) is 25.8 Å². The molecule has 3 rings (SSSR count). The fourth-order valence-electron chi connectivity index (χ4n) is 4.11. The van der Waals surface area contributed by atoms with Gasteiger partial charge in [-0.05, 0) is 49.8 Å². The first-order valence-electron chi connectivity index (χ1n) is 11.4. The molecule has 0 bridgehead atoms. The zero-order valence-electron chi connectivity index (χ0n) is 19.9. The molecule has 2 amide bonds. The number of nitrogens with zero attached hydrogens (tertiary/aromatic N) is 3. The highest BCUT2D eigenvalue weighted by Gasteiger charge is 2.36. The quantitative estimate of drug-likeness (QED) is 0.368. The van der Waals surface area contributed by atoms with E-state index >= 15 is 0 Å². The fraction of sp³-hybridized carbons (Fsp3) is 0.565. The molecule has 0 aromatic carbocycles. The third-order valence-corrected chi connectivity index (χ3v) is 6.99. The Bertz CT molecular complexity index is 1010. The van der Waals surface area contributed by atoms with E-state index in [9.17, 15) is 14.4 Å². The van der Waals surface area contributed by atoms with Gasteiger partial charge in [-0.1, -0.05) is 38.5 Å². The van der Waals surface area contributed by atoms with E-state index in [0.717, 1.165) is 12.8 Å². The van der Waals surface area contributed by atoms with Gasteiger partial charge in [-0.15, -0.1) is 22.0 Å². The average molecular weight is 506 g/mol. The molecule has 184 valence electrons. The number of carbonyl (C=O) groups is 3. The van der Waals surface area contributed by atoms with E-state index < -0.39 is 17.7 Å². The van der Waals surface area contributed by atoms with Gasteiger partial charge in [-0.2, -0.15) is 0 Å². The summed E-state index contributed by atoms with van der Waals surface area (Å²) in [5.74, 6) is -1.26. The lowest BCUT2D eigenvalue weighted by molar-refractivity contribution is -0.127. The molecule has 0 unspecified atom stereocenters. The summed E-state index contributed by atoms with van der Waals surface area (Å²) in [4.78, 5) is 43.6. The lowest BCUT2D eigenvalue weighted by Crippen LogP contribution is -2.52. The zero-order valence-corrected chi connectivity index (χ0v) is 21.5. The van der Waals surface area contributed by atoms with Crippen molar-refractivity contribution in [3.8, 4) is 0 Å². The minimum Gasteiger partial charge on any atom is -0.408 e. The summed E-state index contributed by atoms with van der Waals surface area (Å²) in [6.45, 7) is 3.96. The predicted octanol–water partition coefficient (Wildman–Crippen LogP) is 3.61. The number of pyridine rings is 1. The van der Waals surface area contributed by atoms with Gasteiger partial charge < -0.3 is 15.1 Å². The first kappa shape index (κ1) is 26.2. The standard InChI is InChI=1S/C23H31N5O4S2/c1-13(2)12-17(18(29)21-27-28-23(32-21)34-4)26-19(30)14-8-5-6-10-16(14)25-20(31)15-9-7-11-24-22(15)33-3/h7,9,11,13-14,16-17H,5-6,8,10,12H2,1-4H3,(H,25,31)(H,26,30)/t14-,16+,17+/m1/s1. The van der Waals surface area contributed by atoms with Crippen molar-refractivity contribution in [2.75, 3.05) is 12.5 Å². The molecule has 2 heterocycles. The van der Waals surface area contributed by atoms with Gasteiger partial charge in [-0.3, -0.25) is 14.4 Å². The van der Waals surface area contributed by atoms with E-state index in [1.165, 1.54) is 23.5 Å². The second kappa shape index (κ2) is 12.3. The smallest absolute Gasteiger partial charge is 0.286 e. The zero-order chi connectivity index (χ0) is 24.7. The number of Topliss-reactive ketones (excluding diaryl/α,β-unsaturated/α-hetero) is 1. The maximum atomic E-state index is 13.3. The first-order valence-corrected chi connectivity index (χ1v) is 13.8. The van der Waals surface area contributed by atoms with Crippen LogP contribution in [-0.2, 0) is 4.79 Å². The molecule has 2 aromatic heterocycles. The van der Waals surface area contributed by atoms with Crippen LogP contribution in [0.3, 0.4) is 0 Å². The van der Waals surface area contributed by atoms with E-state index in [-0.39, 0.29) is 29.7 Å². The number of nitrogens with one attached hydrogen (secondary N) is 2. The minimum absolute atomic E-state index is 0.107. The van der Waals surface area contributed by atoms with Crippen molar-refractivity contribution in [2.45, 2.75) is 68.3 Å². The minimum atomic E-state index is -0.776. The van der Waals surface area contributed by atoms with Crippen molar-refractivity contribution in [2.24, 2.45) is 11.8 Å². The van der Waals surface area contributed by atoms with Gasteiger partial charge in [0.2, 0.25) is 11.7 Å². The Hall–Kier alpha value is -2.40. The van der Waals surface area contributed by atoms with E-state index in [0.29, 0.717) is 35.1 Å². The van der Waals surface area contributed by atoms with Gasteiger partial charge in [0.25, 0.3) is 17.0 Å². The second-order valence-corrected chi connectivity index (χ2v) is 10.2. The summed E-state index contributed by atoms with van der Waals surface area (Å²) < 4.78 is 5.40. The largest absolute Gasteiger partial charge is 0.408 e. The van der Waals surface area contributed by atoms with Crippen LogP contribution >= 0.6 is 23.5 Å². The molecule has 1 aliphatic rings. The Kier molecular flexibility index (Phi) is 9.52. The van der Waals surface area contributed by atoms with Gasteiger partial charge in [0.05, 0.1) is 17.5 Å². The Balaban J connectivity index is 1.73. The molecule has 1 fully saturated rings. The van der Waals surface area contributed by atoms with Crippen LogP contribution in [0.1, 0.15) is 67.0 Å². The number of hydrogen-bond acceptors (Lipinski definition) is 9. The Labute approximate surface area is 208 Å². The number of rotatable bonds is 10. The average Bonchev–Trinajstić information content (AvgIpc) is 3.32. The number of carbonyl (C=O) groups excluding carboxylic acids is 3. The first-order chi connectivity index (χ1) is 16.3. The van der Waals surface area contributed by atoms with Gasteiger partial charge in [-0.25, -0.2) is 4.98 Å². The van der Waals surface area contributed by atoms with Crippen LogP contribution in [-0.4, -0.2) is 57.4 Å². The molecule has 2 N–H and O–H groups in total. The molecular formula is C23H31N5O4S2. The second-order valence-electron chi connectivity index (χ2n) is 8.66. The van der Waals surface area contributed by atoms with Crippen LogP contribution in [0.25, 0.3) is 0 Å². The lowest BCUT2D eigenvalue weighted by atomic mass is 9.83. The molecule has 34 heavy (non-hydrogen) atoms. The molecule has 3 atom stereocenters. The third kappa shape index (κ3) is 6.59. The van der Waals surface area contributed by atoms with Crippen LogP contribution in [0.5, 0.6) is 0 Å². The number of hydrogen-bond donors (Lipinski definition) is 2. The van der Waals surface area contributed by atoms with Gasteiger partial charge in [0.15, 0.2) is 0 Å². The predicted molar refractivity (Wildman–Crippen MR) is 131 cm³/mol. The maximum Gasteiger partial charge on any atom is 0.286 e. The van der Waals surface area contributed by atoms with Gasteiger partial charge in [0, 0.05) is 12.2 Å². The molecule has 0 aliphatic heterocycles. The highest BCUT2D eigenvalue weighted by molar-refractivity contribution is 7.98. The summed E-state index contributed by atoms with van der Waals surface area (Å²) >= 11 is 2.65. The van der Waals surface area contributed by atoms with E-state index in [1.54, 1.807) is 24.6 Å². The van der Waals surface area contributed by atoms with Crippen LogP contribution in [0, 0.1) is 11.8 Å². The molecule has 0 spiro atoms. The van der Waals surface area contributed by atoms with E-state index in [4.69, 9.17) is 4.42 Å². The lowest BCUT2D eigenvalue weighted by Gasteiger charge is -2.32. The van der Waals surface area contributed by atoms with Crippen LogP contribution in [0.2, 0.25) is 0 Å². The summed E-state index contributed by atoms with van der Waals surface area (Å²) in [7, 11) is 0. The molecule has 11 heteroatoms. The van der Waals surface area contributed by atoms with Gasteiger partial charge >= 0.3 is 0 Å². The fourth-order valence-corrected chi connectivity index (χ4v) is 4.94. The maximum absolute atomic E-state index is 13.3. The summed E-state index contributed by atoms with van der Waals surface area (Å²) in [5.41, 5.74) is 0.494. The van der Waals surface area contributed by atoms with E-state index in [1.807, 2.05) is 20.1 Å². The third-order valence-electron chi connectivity index (χ3n) is 5.76. The number of thioether (sulfide) groups is 2. The summed E-state index contributed by atoms with van der Waals surface area (Å²) in [6.07, 6.45) is 8.88. The number of ketones is 1. The van der Waals surface area contributed by atoms with Crippen molar-refractivity contribution >= 4 is 41.1 Å². The SMILES string of the molecule is CSc1nnc(C(=O)[C@H](CC(C)C)NC(=O)[C@@H]2CCCC[C@@H]2NC(=O)c2cccnc2SC)o1. The molecule has 0 radical (unpaired) electrons. The molecule has 1 aliphatic carbocycles. The normalized spacial score (nSPS) is 19.0. The van der Waals surface area contributed by atoms with Crippen molar-refractivity contribution in [3.63, 3.8) is 0 Å². The molecule has 9 nitrogen and oxygen atoms in total. The van der Waals surface area contributed by atoms with Crippen LogP contribution in [0.4, 0.5) is 0 Å². The topological polar surface area (TPSA) is 127 Å². The summed E-state index contributed by atoms with van der Waals surface area (Å²) in [5, 5.41) is 14.6.